The van der Waals surface area contributed by atoms with Crippen LogP contribution in [0.25, 0.3) is 11.0 Å². The Labute approximate surface area is 143 Å². The van der Waals surface area contributed by atoms with Gasteiger partial charge in [-0.1, -0.05) is 29.8 Å². The molecule has 0 radical (unpaired) electrons. The van der Waals surface area contributed by atoms with Crippen LogP contribution in [0, 0.1) is 6.92 Å². The number of rotatable bonds is 3. The van der Waals surface area contributed by atoms with Crippen LogP contribution in [-0.2, 0) is 11.2 Å². The summed E-state index contributed by atoms with van der Waals surface area (Å²) in [6.07, 6.45) is 1.66. The summed E-state index contributed by atoms with van der Waals surface area (Å²) in [6.45, 7) is 1.97. The summed E-state index contributed by atoms with van der Waals surface area (Å²) in [5, 5.41) is 1.34. The van der Waals surface area contributed by atoms with Gasteiger partial charge in [0.05, 0.1) is 12.7 Å². The zero-order valence-corrected chi connectivity index (χ0v) is 13.7. The fraction of sp³-hybridized carbons (Fsp3) is 0.111. The maximum Gasteiger partial charge on any atom is 0.269 e. The molecule has 0 saturated carbocycles. The second-order valence-electron chi connectivity index (χ2n) is 5.45. The molecule has 122 valence electrons. The standard InChI is InChI=1S/C18H15ClN2O3/c1-11-5-6-15-13(10-24-16(15)7-11)9-17(22)20-21-18(23)12-3-2-4-14(19)8-12/h2-8,10H,9H2,1H3,(H,20,22)(H,21,23). The van der Waals surface area contributed by atoms with Gasteiger partial charge in [-0.3, -0.25) is 20.4 Å². The molecule has 0 spiro atoms. The molecule has 0 bridgehead atoms. The summed E-state index contributed by atoms with van der Waals surface area (Å²) in [7, 11) is 0. The number of halogens is 1. The Bertz CT molecular complexity index is 918. The number of fused-ring (bicyclic) bond motifs is 1. The van der Waals surface area contributed by atoms with Crippen molar-refractivity contribution in [3.05, 3.63) is 70.4 Å². The number of furan rings is 1. The average Bonchev–Trinajstić information content (AvgIpc) is 2.94. The second-order valence-corrected chi connectivity index (χ2v) is 5.89. The third kappa shape index (κ3) is 3.58. The molecule has 0 aliphatic carbocycles. The second kappa shape index (κ2) is 6.76. The molecule has 2 aromatic carbocycles. The molecular formula is C18H15ClN2O3. The Kier molecular flexibility index (Phi) is 4.53. The van der Waals surface area contributed by atoms with Crippen molar-refractivity contribution in [1.82, 2.24) is 10.9 Å². The van der Waals surface area contributed by atoms with E-state index in [-0.39, 0.29) is 12.3 Å². The molecule has 2 N–H and O–H groups in total. The van der Waals surface area contributed by atoms with Crippen molar-refractivity contribution in [2.24, 2.45) is 0 Å². The quantitative estimate of drug-likeness (QED) is 0.717. The minimum atomic E-state index is -0.432. The molecule has 0 saturated heterocycles. The third-order valence-corrected chi connectivity index (χ3v) is 3.80. The summed E-state index contributed by atoms with van der Waals surface area (Å²) in [5.74, 6) is -0.771. The Morgan fingerprint density at radius 3 is 2.75 bits per heavy atom. The van der Waals surface area contributed by atoms with E-state index in [1.807, 2.05) is 25.1 Å². The van der Waals surface area contributed by atoms with Crippen molar-refractivity contribution in [3.8, 4) is 0 Å². The minimum Gasteiger partial charge on any atom is -0.464 e. The fourth-order valence-corrected chi connectivity index (χ4v) is 2.56. The van der Waals surface area contributed by atoms with Gasteiger partial charge in [-0.25, -0.2) is 0 Å². The molecule has 0 aliphatic heterocycles. The van der Waals surface area contributed by atoms with E-state index in [0.29, 0.717) is 10.6 Å². The molecule has 2 amide bonds. The monoisotopic (exact) mass is 342 g/mol. The summed E-state index contributed by atoms with van der Waals surface area (Å²) >= 11 is 5.84. The summed E-state index contributed by atoms with van der Waals surface area (Å²) in [5.41, 5.74) is 7.71. The maximum atomic E-state index is 12.0. The number of carbonyl (C=O) groups excluding carboxylic acids is 2. The number of hydrogen-bond donors (Lipinski definition) is 2. The van der Waals surface area contributed by atoms with Crippen LogP contribution in [0.3, 0.4) is 0 Å². The van der Waals surface area contributed by atoms with Gasteiger partial charge in [-0.2, -0.15) is 0 Å². The Morgan fingerprint density at radius 2 is 1.96 bits per heavy atom. The number of carbonyl (C=O) groups is 2. The molecule has 1 heterocycles. The van der Waals surface area contributed by atoms with Gasteiger partial charge in [0.1, 0.15) is 5.58 Å². The first kappa shape index (κ1) is 16.1. The summed E-state index contributed by atoms with van der Waals surface area (Å²) < 4.78 is 5.46. The molecule has 0 aliphatic rings. The maximum absolute atomic E-state index is 12.0. The number of aryl methyl sites for hydroxylation is 1. The summed E-state index contributed by atoms with van der Waals surface area (Å²) in [4.78, 5) is 24.0. The Balaban J connectivity index is 1.62. The van der Waals surface area contributed by atoms with Gasteiger partial charge in [0.2, 0.25) is 5.91 Å². The van der Waals surface area contributed by atoms with Gasteiger partial charge in [-0.05, 0) is 36.8 Å². The van der Waals surface area contributed by atoms with Crippen molar-refractivity contribution in [2.45, 2.75) is 13.3 Å². The van der Waals surface area contributed by atoms with Crippen molar-refractivity contribution >= 4 is 34.4 Å². The predicted octanol–water partition coefficient (Wildman–Crippen LogP) is 3.40. The molecule has 3 rings (SSSR count). The molecule has 0 atom stereocenters. The van der Waals surface area contributed by atoms with E-state index in [1.54, 1.807) is 24.5 Å². The lowest BCUT2D eigenvalue weighted by molar-refractivity contribution is -0.121. The van der Waals surface area contributed by atoms with Crippen molar-refractivity contribution in [1.29, 1.82) is 0 Å². The molecule has 0 fully saturated rings. The minimum absolute atomic E-state index is 0.103. The highest BCUT2D eigenvalue weighted by atomic mass is 35.5. The number of hydrogen-bond acceptors (Lipinski definition) is 3. The van der Waals surface area contributed by atoms with Crippen LogP contribution in [0.5, 0.6) is 0 Å². The molecule has 0 unspecified atom stereocenters. The Morgan fingerprint density at radius 1 is 1.12 bits per heavy atom. The van der Waals surface area contributed by atoms with Crippen LogP contribution >= 0.6 is 11.6 Å². The van der Waals surface area contributed by atoms with Gasteiger partial charge in [0, 0.05) is 21.5 Å². The molecule has 1 aromatic heterocycles. The van der Waals surface area contributed by atoms with Crippen LogP contribution in [0.2, 0.25) is 5.02 Å². The predicted molar refractivity (Wildman–Crippen MR) is 91.7 cm³/mol. The largest absolute Gasteiger partial charge is 0.464 e. The van der Waals surface area contributed by atoms with E-state index >= 15 is 0 Å². The number of benzene rings is 2. The van der Waals surface area contributed by atoms with E-state index in [0.717, 1.165) is 22.1 Å². The first-order valence-corrected chi connectivity index (χ1v) is 7.72. The van der Waals surface area contributed by atoms with Gasteiger partial charge in [-0.15, -0.1) is 0 Å². The van der Waals surface area contributed by atoms with E-state index in [2.05, 4.69) is 10.9 Å². The van der Waals surface area contributed by atoms with Crippen LogP contribution in [0.4, 0.5) is 0 Å². The van der Waals surface area contributed by atoms with E-state index in [9.17, 15) is 9.59 Å². The van der Waals surface area contributed by atoms with Crippen molar-refractivity contribution in [3.63, 3.8) is 0 Å². The van der Waals surface area contributed by atoms with Crippen LogP contribution < -0.4 is 10.9 Å². The van der Waals surface area contributed by atoms with Crippen LogP contribution in [0.15, 0.2) is 53.1 Å². The zero-order valence-electron chi connectivity index (χ0n) is 12.9. The van der Waals surface area contributed by atoms with Crippen LogP contribution in [0.1, 0.15) is 21.5 Å². The van der Waals surface area contributed by atoms with E-state index in [1.165, 1.54) is 6.07 Å². The normalized spacial score (nSPS) is 10.6. The number of nitrogens with one attached hydrogen (secondary N) is 2. The summed E-state index contributed by atoms with van der Waals surface area (Å²) in [6, 6.07) is 12.3. The smallest absolute Gasteiger partial charge is 0.269 e. The fourth-order valence-electron chi connectivity index (χ4n) is 2.37. The number of hydrazine groups is 1. The van der Waals surface area contributed by atoms with E-state index in [4.69, 9.17) is 16.0 Å². The highest BCUT2D eigenvalue weighted by Crippen LogP contribution is 2.22. The van der Waals surface area contributed by atoms with Gasteiger partial charge < -0.3 is 4.42 Å². The van der Waals surface area contributed by atoms with E-state index < -0.39 is 5.91 Å². The molecule has 3 aromatic rings. The highest BCUT2D eigenvalue weighted by Gasteiger charge is 2.12. The topological polar surface area (TPSA) is 71.3 Å². The SMILES string of the molecule is Cc1ccc2c(CC(=O)NNC(=O)c3cccc(Cl)c3)coc2c1. The lowest BCUT2D eigenvalue weighted by Gasteiger charge is -2.07. The zero-order chi connectivity index (χ0) is 17.1. The molecular weight excluding hydrogens is 328 g/mol. The van der Waals surface area contributed by atoms with Crippen molar-refractivity contribution in [2.75, 3.05) is 0 Å². The third-order valence-electron chi connectivity index (χ3n) is 3.56. The van der Waals surface area contributed by atoms with Gasteiger partial charge in [0.15, 0.2) is 0 Å². The van der Waals surface area contributed by atoms with Crippen molar-refractivity contribution < 1.29 is 14.0 Å². The number of amides is 2. The average molecular weight is 343 g/mol. The molecule has 6 heteroatoms. The highest BCUT2D eigenvalue weighted by molar-refractivity contribution is 6.30. The van der Waals surface area contributed by atoms with Gasteiger partial charge >= 0.3 is 0 Å². The van der Waals surface area contributed by atoms with Crippen LogP contribution in [-0.4, -0.2) is 11.8 Å². The molecule has 24 heavy (non-hydrogen) atoms. The van der Waals surface area contributed by atoms with Gasteiger partial charge in [0.25, 0.3) is 5.91 Å². The molecule has 5 nitrogen and oxygen atoms in total. The first-order chi connectivity index (χ1) is 11.5. The lowest BCUT2D eigenvalue weighted by atomic mass is 10.1. The lowest BCUT2D eigenvalue weighted by Crippen LogP contribution is -2.42. The first-order valence-electron chi connectivity index (χ1n) is 7.34. The Hall–Kier alpha value is -2.79.